The van der Waals surface area contributed by atoms with Gasteiger partial charge in [-0.25, -0.2) is 9.97 Å². The third kappa shape index (κ3) is 3.81. The van der Waals surface area contributed by atoms with Gasteiger partial charge in [0.2, 0.25) is 0 Å². The van der Waals surface area contributed by atoms with Gasteiger partial charge in [0.05, 0.1) is 25.8 Å². The summed E-state index contributed by atoms with van der Waals surface area (Å²) in [6, 6.07) is 7.29. The average Bonchev–Trinajstić information content (AvgIpc) is 3.11. The zero-order chi connectivity index (χ0) is 17.6. The van der Waals surface area contributed by atoms with E-state index in [4.69, 9.17) is 14.2 Å². The van der Waals surface area contributed by atoms with Crippen LogP contribution in [0.3, 0.4) is 0 Å². The van der Waals surface area contributed by atoms with E-state index in [9.17, 15) is 4.79 Å². The molecule has 2 aromatic rings. The molecule has 1 aliphatic rings. The van der Waals surface area contributed by atoms with E-state index in [1.54, 1.807) is 23.4 Å². The summed E-state index contributed by atoms with van der Waals surface area (Å²) in [5, 5.41) is 0. The van der Waals surface area contributed by atoms with Crippen molar-refractivity contribution >= 4 is 5.91 Å². The number of benzene rings is 1. The largest absolute Gasteiger partial charge is 0.493 e. The number of methoxy groups -OCH3 is 1. The molecule has 0 spiro atoms. The lowest BCUT2D eigenvalue weighted by atomic mass is 10.2. The van der Waals surface area contributed by atoms with Crippen molar-refractivity contribution in [1.29, 1.82) is 0 Å². The van der Waals surface area contributed by atoms with Gasteiger partial charge < -0.3 is 19.1 Å². The van der Waals surface area contributed by atoms with Crippen molar-refractivity contribution in [1.82, 2.24) is 14.9 Å². The highest BCUT2D eigenvalue weighted by Gasteiger charge is 2.30. The Labute approximate surface area is 146 Å². The van der Waals surface area contributed by atoms with Crippen LogP contribution in [0.2, 0.25) is 0 Å². The second-order valence-corrected chi connectivity index (χ2v) is 5.58. The van der Waals surface area contributed by atoms with Gasteiger partial charge in [-0.05, 0) is 19.1 Å². The van der Waals surface area contributed by atoms with E-state index in [-0.39, 0.29) is 12.0 Å². The molecule has 2 heterocycles. The Hall–Kier alpha value is -2.83. The van der Waals surface area contributed by atoms with Gasteiger partial charge in [-0.1, -0.05) is 12.1 Å². The van der Waals surface area contributed by atoms with Crippen LogP contribution >= 0.6 is 0 Å². The molecule has 1 amide bonds. The number of nitrogens with zero attached hydrogens (tertiary/aromatic N) is 3. The fraction of sp³-hybridized carbons (Fsp3) is 0.389. The Kier molecular flexibility index (Phi) is 5.33. The fourth-order valence-electron chi connectivity index (χ4n) is 2.80. The Morgan fingerprint density at radius 2 is 2.00 bits per heavy atom. The molecule has 3 rings (SSSR count). The Bertz CT molecular complexity index is 738. The number of rotatable bonds is 6. The maximum Gasteiger partial charge on any atom is 0.278 e. The molecule has 1 unspecified atom stereocenters. The molecule has 0 saturated carbocycles. The molecule has 0 bridgehead atoms. The van der Waals surface area contributed by atoms with Crippen LogP contribution in [0.1, 0.15) is 23.7 Å². The van der Waals surface area contributed by atoms with Crippen molar-refractivity contribution in [2.75, 3.05) is 26.8 Å². The summed E-state index contributed by atoms with van der Waals surface area (Å²) in [4.78, 5) is 22.8. The molecular formula is C18H21N3O4. The molecule has 7 heteroatoms. The highest BCUT2D eigenvalue weighted by Crippen LogP contribution is 2.26. The molecule has 0 radical (unpaired) electrons. The minimum atomic E-state index is -0.145. The van der Waals surface area contributed by atoms with Crippen molar-refractivity contribution in [2.24, 2.45) is 0 Å². The van der Waals surface area contributed by atoms with Crippen molar-refractivity contribution in [3.8, 4) is 17.5 Å². The highest BCUT2D eigenvalue weighted by molar-refractivity contribution is 5.97. The zero-order valence-electron chi connectivity index (χ0n) is 14.3. The van der Waals surface area contributed by atoms with Gasteiger partial charge in [0.1, 0.15) is 11.9 Å². The minimum absolute atomic E-state index is 0.0544. The third-order valence-electron chi connectivity index (χ3n) is 3.95. The number of carbonyl (C=O) groups is 1. The number of carbonyl (C=O) groups excluding carboxylic acids is 1. The normalized spacial score (nSPS) is 16.6. The molecular weight excluding hydrogens is 322 g/mol. The molecule has 25 heavy (non-hydrogen) atoms. The molecule has 1 aromatic carbocycles. The van der Waals surface area contributed by atoms with Crippen LogP contribution in [0.5, 0.6) is 17.5 Å². The van der Waals surface area contributed by atoms with Gasteiger partial charge in [-0.15, -0.1) is 0 Å². The molecule has 132 valence electrons. The fourth-order valence-corrected chi connectivity index (χ4v) is 2.80. The van der Waals surface area contributed by atoms with Crippen molar-refractivity contribution < 1.29 is 19.0 Å². The number of para-hydroxylation sites is 1. The molecule has 1 fully saturated rings. The minimum Gasteiger partial charge on any atom is -0.493 e. The summed E-state index contributed by atoms with van der Waals surface area (Å²) in [6.45, 7) is 3.52. The van der Waals surface area contributed by atoms with Gasteiger partial charge in [0, 0.05) is 25.4 Å². The van der Waals surface area contributed by atoms with E-state index in [1.165, 1.54) is 7.11 Å². The Balaban J connectivity index is 1.67. The first-order valence-corrected chi connectivity index (χ1v) is 8.25. The predicted octanol–water partition coefficient (Wildman–Crippen LogP) is 2.18. The Morgan fingerprint density at radius 3 is 2.76 bits per heavy atom. The summed E-state index contributed by atoms with van der Waals surface area (Å²) in [7, 11) is 1.52. The van der Waals surface area contributed by atoms with Gasteiger partial charge in [-0.3, -0.25) is 4.79 Å². The van der Waals surface area contributed by atoms with Crippen LogP contribution in [0.4, 0.5) is 0 Å². The van der Waals surface area contributed by atoms with Crippen molar-refractivity contribution in [3.63, 3.8) is 0 Å². The maximum absolute atomic E-state index is 12.8. The van der Waals surface area contributed by atoms with Gasteiger partial charge >= 0.3 is 0 Å². The van der Waals surface area contributed by atoms with E-state index in [0.717, 1.165) is 6.42 Å². The third-order valence-corrected chi connectivity index (χ3v) is 3.95. The van der Waals surface area contributed by atoms with Gasteiger partial charge in [0.15, 0.2) is 0 Å². The van der Waals surface area contributed by atoms with Crippen LogP contribution in [0.25, 0.3) is 0 Å². The molecule has 7 nitrogen and oxygen atoms in total. The molecule has 1 aliphatic heterocycles. The Morgan fingerprint density at radius 1 is 1.24 bits per heavy atom. The molecule has 0 aliphatic carbocycles. The number of likely N-dealkylation sites (tertiary alicyclic amines) is 1. The lowest BCUT2D eigenvalue weighted by molar-refractivity contribution is 0.0766. The first kappa shape index (κ1) is 17.0. The predicted molar refractivity (Wildman–Crippen MR) is 91.1 cm³/mol. The first-order chi connectivity index (χ1) is 12.2. The lowest BCUT2D eigenvalue weighted by Gasteiger charge is -2.19. The number of aromatic nitrogens is 2. The number of hydrogen-bond acceptors (Lipinski definition) is 6. The average molecular weight is 343 g/mol. The van der Waals surface area contributed by atoms with E-state index in [2.05, 4.69) is 9.97 Å². The molecule has 1 saturated heterocycles. The summed E-state index contributed by atoms with van der Waals surface area (Å²) in [6.07, 6.45) is 3.67. The van der Waals surface area contributed by atoms with Crippen LogP contribution < -0.4 is 14.2 Å². The first-order valence-electron chi connectivity index (χ1n) is 8.25. The summed E-state index contributed by atoms with van der Waals surface area (Å²) < 4.78 is 16.6. The lowest BCUT2D eigenvalue weighted by Crippen LogP contribution is -2.31. The second-order valence-electron chi connectivity index (χ2n) is 5.58. The monoisotopic (exact) mass is 343 g/mol. The van der Waals surface area contributed by atoms with E-state index in [1.807, 2.05) is 25.1 Å². The highest BCUT2D eigenvalue weighted by atomic mass is 16.5. The van der Waals surface area contributed by atoms with E-state index >= 15 is 0 Å². The quantitative estimate of drug-likeness (QED) is 0.800. The summed E-state index contributed by atoms with van der Waals surface area (Å²) >= 11 is 0. The zero-order valence-corrected chi connectivity index (χ0v) is 14.3. The molecule has 1 aromatic heterocycles. The summed E-state index contributed by atoms with van der Waals surface area (Å²) in [5.41, 5.74) is 0.571. The van der Waals surface area contributed by atoms with Crippen LogP contribution in [-0.4, -0.2) is 53.7 Å². The number of amides is 1. The SMILES string of the molecule is CCOc1ccccc1C(=O)N1CCC(Oc2nccnc2OC)C1. The number of hydrogen-bond donors (Lipinski definition) is 0. The van der Waals surface area contributed by atoms with Gasteiger partial charge in [0.25, 0.3) is 17.7 Å². The standard InChI is InChI=1S/C18H21N3O4/c1-3-24-15-7-5-4-6-14(15)18(22)21-11-8-13(12-21)25-17-16(23-2)19-9-10-20-17/h4-7,9-10,13H,3,8,11-12H2,1-2H3. The van der Waals surface area contributed by atoms with Crippen LogP contribution in [0, 0.1) is 0 Å². The summed E-state index contributed by atoms with van der Waals surface area (Å²) in [5.74, 6) is 1.24. The van der Waals surface area contributed by atoms with Crippen LogP contribution in [0.15, 0.2) is 36.7 Å². The molecule has 0 N–H and O–H groups in total. The van der Waals surface area contributed by atoms with E-state index < -0.39 is 0 Å². The maximum atomic E-state index is 12.8. The van der Waals surface area contributed by atoms with E-state index in [0.29, 0.717) is 42.8 Å². The smallest absolute Gasteiger partial charge is 0.278 e. The van der Waals surface area contributed by atoms with Crippen molar-refractivity contribution in [2.45, 2.75) is 19.4 Å². The number of ether oxygens (including phenoxy) is 3. The topological polar surface area (TPSA) is 73.8 Å². The molecule has 1 atom stereocenters. The van der Waals surface area contributed by atoms with Crippen LogP contribution in [-0.2, 0) is 0 Å². The van der Waals surface area contributed by atoms with Crippen molar-refractivity contribution in [3.05, 3.63) is 42.2 Å². The second kappa shape index (κ2) is 7.83. The van der Waals surface area contributed by atoms with Gasteiger partial charge in [-0.2, -0.15) is 0 Å².